The number of hydrogen-bond acceptors (Lipinski definition) is 6. The molecule has 2 fully saturated rings. The highest BCUT2D eigenvalue weighted by Crippen LogP contribution is 2.51. The quantitative estimate of drug-likeness (QED) is 0.822. The fourth-order valence-electron chi connectivity index (χ4n) is 4.20. The highest BCUT2D eigenvalue weighted by Gasteiger charge is 2.66. The van der Waals surface area contributed by atoms with Crippen molar-refractivity contribution in [3.8, 4) is 10.6 Å². The van der Waals surface area contributed by atoms with Crippen molar-refractivity contribution in [1.82, 2.24) is 9.88 Å². The number of likely N-dealkylation sites (N-methyl/N-ethyl adjacent to an activating group) is 1. The number of carbonyl (C=O) groups excluding carboxylic acids is 2. The molecule has 0 radical (unpaired) electrons. The monoisotopic (exact) mass is 387 g/mol. The number of aryl methyl sites for hydroxylation is 1. The van der Waals surface area contributed by atoms with Gasteiger partial charge in [-0.15, -0.1) is 22.7 Å². The molecule has 1 spiro atoms. The van der Waals surface area contributed by atoms with E-state index in [0.29, 0.717) is 11.7 Å². The summed E-state index contributed by atoms with van der Waals surface area (Å²) in [7, 11) is 1.75. The summed E-state index contributed by atoms with van der Waals surface area (Å²) in [5, 5.41) is 5.39. The summed E-state index contributed by atoms with van der Waals surface area (Å²) < 4.78 is 6.02. The van der Waals surface area contributed by atoms with Crippen molar-refractivity contribution in [1.29, 1.82) is 0 Å². The van der Waals surface area contributed by atoms with Crippen LogP contribution in [0.5, 0.6) is 0 Å². The van der Waals surface area contributed by atoms with E-state index in [1.807, 2.05) is 23.6 Å². The molecular weight excluding hydrogens is 370 g/mol. The highest BCUT2D eigenvalue weighted by atomic mass is 32.1. The lowest BCUT2D eigenvalue weighted by molar-refractivity contribution is -0.134. The van der Waals surface area contributed by atoms with Crippen LogP contribution in [-0.2, 0) is 14.3 Å². The van der Waals surface area contributed by atoms with Crippen LogP contribution < -0.4 is 5.32 Å². The molecule has 5 heterocycles. The summed E-state index contributed by atoms with van der Waals surface area (Å²) in [4.78, 5) is 33.9. The van der Waals surface area contributed by atoms with Gasteiger partial charge < -0.3 is 15.0 Å². The molecule has 2 bridgehead atoms. The molecule has 0 aromatic carbocycles. The van der Waals surface area contributed by atoms with Crippen molar-refractivity contribution in [2.24, 2.45) is 11.8 Å². The first-order valence-electron chi connectivity index (χ1n) is 8.42. The van der Waals surface area contributed by atoms with Crippen LogP contribution in [0.2, 0.25) is 0 Å². The number of anilines is 1. The van der Waals surface area contributed by atoms with Gasteiger partial charge in [0.1, 0.15) is 5.60 Å². The van der Waals surface area contributed by atoms with E-state index in [0.717, 1.165) is 10.6 Å². The van der Waals surface area contributed by atoms with Gasteiger partial charge in [0, 0.05) is 17.3 Å². The summed E-state index contributed by atoms with van der Waals surface area (Å²) in [6, 6.07) is 4.09. The number of likely N-dealkylation sites (tertiary alicyclic amines) is 1. The van der Waals surface area contributed by atoms with Gasteiger partial charge in [-0.25, -0.2) is 4.98 Å². The van der Waals surface area contributed by atoms with Crippen molar-refractivity contribution in [3.63, 3.8) is 0 Å². The molecule has 1 N–H and O–H groups in total. The van der Waals surface area contributed by atoms with Crippen molar-refractivity contribution in [2.75, 3.05) is 18.9 Å². The van der Waals surface area contributed by atoms with E-state index in [-0.39, 0.29) is 17.9 Å². The molecule has 2 amide bonds. The van der Waals surface area contributed by atoms with Gasteiger partial charge in [0.2, 0.25) is 11.8 Å². The van der Waals surface area contributed by atoms with Crippen molar-refractivity contribution < 1.29 is 14.3 Å². The third-order valence-corrected chi connectivity index (χ3v) is 7.10. The smallest absolute Gasteiger partial charge is 0.233 e. The van der Waals surface area contributed by atoms with Gasteiger partial charge in [0.25, 0.3) is 0 Å². The molecule has 2 saturated heterocycles. The number of rotatable bonds is 3. The van der Waals surface area contributed by atoms with E-state index in [1.165, 1.54) is 16.2 Å². The second-order valence-electron chi connectivity index (χ2n) is 7.03. The van der Waals surface area contributed by atoms with E-state index in [4.69, 9.17) is 4.74 Å². The van der Waals surface area contributed by atoms with E-state index in [1.54, 1.807) is 23.3 Å². The van der Waals surface area contributed by atoms with Gasteiger partial charge in [0.05, 0.1) is 35.1 Å². The number of nitrogens with one attached hydrogen (secondary N) is 1. The number of fused-ring (bicyclic) bond motifs is 1. The first-order chi connectivity index (χ1) is 12.5. The zero-order valence-corrected chi connectivity index (χ0v) is 15.9. The number of thiophene rings is 1. The normalized spacial score (nSPS) is 31.7. The molecule has 8 heteroatoms. The van der Waals surface area contributed by atoms with Gasteiger partial charge in [-0.3, -0.25) is 9.59 Å². The van der Waals surface area contributed by atoms with E-state index < -0.39 is 17.4 Å². The number of thiazole rings is 1. The standard InChI is InChI=1S/C18H17N3O3S2/c1-9-3-4-12(26-9)10-7-25-17(19-10)20-15(22)13-11-5-6-18(24-11)8-21(2)16(23)14(13)18/h3-7,11,13-14H,8H2,1-2H3,(H,19,20,22)/t11-,13-,14+,18-/m0/s1. The zero-order chi connectivity index (χ0) is 18.1. The Morgan fingerprint density at radius 1 is 1.46 bits per heavy atom. The molecule has 0 saturated carbocycles. The Bertz CT molecular complexity index is 949. The van der Waals surface area contributed by atoms with Crippen molar-refractivity contribution in [3.05, 3.63) is 34.5 Å². The first-order valence-corrected chi connectivity index (χ1v) is 10.1. The summed E-state index contributed by atoms with van der Waals surface area (Å²) in [6.45, 7) is 2.56. The Morgan fingerprint density at radius 2 is 2.31 bits per heavy atom. The van der Waals surface area contributed by atoms with Crippen LogP contribution >= 0.6 is 22.7 Å². The lowest BCUT2D eigenvalue weighted by Gasteiger charge is -2.23. The SMILES string of the molecule is Cc1ccc(-c2csc(NC(=O)[C@H]3[C@@H]4C=C[C@@]5(CN(C)C(=O)[C@@H]35)O4)n2)s1. The Morgan fingerprint density at radius 3 is 3.08 bits per heavy atom. The average Bonchev–Trinajstić information content (AvgIpc) is 3.37. The van der Waals surface area contributed by atoms with Gasteiger partial charge in [-0.1, -0.05) is 12.2 Å². The highest BCUT2D eigenvalue weighted by molar-refractivity contribution is 7.17. The second-order valence-corrected chi connectivity index (χ2v) is 9.18. The van der Waals surface area contributed by atoms with Crippen LogP contribution in [0.1, 0.15) is 4.88 Å². The Labute approximate surface area is 158 Å². The lowest BCUT2D eigenvalue weighted by atomic mass is 9.77. The molecule has 0 unspecified atom stereocenters. The number of aromatic nitrogens is 1. The zero-order valence-electron chi connectivity index (χ0n) is 14.3. The number of nitrogens with zero attached hydrogens (tertiary/aromatic N) is 2. The molecule has 0 aliphatic carbocycles. The summed E-state index contributed by atoms with van der Waals surface area (Å²) in [5.41, 5.74) is 0.224. The third-order valence-electron chi connectivity index (χ3n) is 5.32. The maximum absolute atomic E-state index is 12.9. The Kier molecular flexibility index (Phi) is 3.41. The number of carbonyl (C=O) groups is 2. The molecule has 4 atom stereocenters. The van der Waals surface area contributed by atoms with Crippen LogP contribution in [0, 0.1) is 18.8 Å². The molecule has 26 heavy (non-hydrogen) atoms. The van der Waals surface area contributed by atoms with Crippen molar-refractivity contribution in [2.45, 2.75) is 18.6 Å². The topological polar surface area (TPSA) is 71.5 Å². The van der Waals surface area contributed by atoms with Crippen LogP contribution in [0.4, 0.5) is 5.13 Å². The van der Waals surface area contributed by atoms with Gasteiger partial charge in [-0.2, -0.15) is 0 Å². The molecular formula is C18H17N3O3S2. The first kappa shape index (κ1) is 16.2. The van der Waals surface area contributed by atoms with E-state index >= 15 is 0 Å². The largest absolute Gasteiger partial charge is 0.360 e. The number of hydrogen-bond donors (Lipinski definition) is 1. The van der Waals surface area contributed by atoms with Gasteiger partial charge in [0.15, 0.2) is 5.13 Å². The summed E-state index contributed by atoms with van der Waals surface area (Å²) in [6.07, 6.45) is 3.53. The minimum Gasteiger partial charge on any atom is -0.360 e. The van der Waals surface area contributed by atoms with Gasteiger partial charge in [-0.05, 0) is 19.1 Å². The molecule has 3 aliphatic rings. The Hall–Kier alpha value is -2.03. The van der Waals surface area contributed by atoms with Crippen LogP contribution in [0.15, 0.2) is 29.7 Å². The third kappa shape index (κ3) is 2.22. The minimum atomic E-state index is -0.638. The number of ether oxygens (including phenoxy) is 1. The van der Waals surface area contributed by atoms with Crippen LogP contribution in [0.25, 0.3) is 10.6 Å². The maximum Gasteiger partial charge on any atom is 0.233 e. The predicted molar refractivity (Wildman–Crippen MR) is 100 cm³/mol. The maximum atomic E-state index is 12.9. The molecule has 6 nitrogen and oxygen atoms in total. The van der Waals surface area contributed by atoms with Crippen molar-refractivity contribution >= 4 is 39.6 Å². The lowest BCUT2D eigenvalue weighted by Crippen LogP contribution is -2.41. The van der Waals surface area contributed by atoms with E-state index in [9.17, 15) is 9.59 Å². The predicted octanol–water partition coefficient (Wildman–Crippen LogP) is 2.53. The summed E-state index contributed by atoms with van der Waals surface area (Å²) >= 11 is 3.07. The molecule has 3 aliphatic heterocycles. The molecule has 2 aromatic rings. The molecule has 134 valence electrons. The number of amides is 2. The Balaban J connectivity index is 1.37. The second kappa shape index (κ2) is 5.48. The van der Waals surface area contributed by atoms with Crippen LogP contribution in [-0.4, -0.2) is 47.0 Å². The fourth-order valence-corrected chi connectivity index (χ4v) is 5.81. The molecule has 5 rings (SSSR count). The van der Waals surface area contributed by atoms with Gasteiger partial charge >= 0.3 is 0 Å². The van der Waals surface area contributed by atoms with Crippen LogP contribution in [0.3, 0.4) is 0 Å². The molecule has 2 aromatic heterocycles. The fraction of sp³-hybridized carbons (Fsp3) is 0.389. The average molecular weight is 387 g/mol. The minimum absolute atomic E-state index is 0.0223. The summed E-state index contributed by atoms with van der Waals surface area (Å²) in [5.74, 6) is -1.17. The van der Waals surface area contributed by atoms with E-state index in [2.05, 4.69) is 23.3 Å².